The Morgan fingerprint density at radius 1 is 1.11 bits per heavy atom. The van der Waals surface area contributed by atoms with E-state index < -0.39 is 5.97 Å². The van der Waals surface area contributed by atoms with E-state index in [9.17, 15) is 9.90 Å². The standard InChI is InChI=1S/C22H17BrN2O3/c1-13-2-4-14(5-3-13)12-28-20-9-7-16(23)11-17(20)21-24-18-8-6-15(22(26)27)10-19(18)25-21/h2-11H,12H2,1H3,(H,24,25)(H,26,27). The first-order valence-corrected chi connectivity index (χ1v) is 9.50. The van der Waals surface area contributed by atoms with Crippen molar-refractivity contribution < 1.29 is 14.6 Å². The Labute approximate surface area is 170 Å². The summed E-state index contributed by atoms with van der Waals surface area (Å²) in [5.41, 5.74) is 4.66. The number of halogens is 1. The van der Waals surface area contributed by atoms with Crippen molar-refractivity contribution >= 4 is 32.9 Å². The molecule has 28 heavy (non-hydrogen) atoms. The summed E-state index contributed by atoms with van der Waals surface area (Å²) in [4.78, 5) is 19.0. The van der Waals surface area contributed by atoms with Gasteiger partial charge in [0.15, 0.2) is 0 Å². The van der Waals surface area contributed by atoms with Crippen molar-refractivity contribution in [1.82, 2.24) is 9.97 Å². The number of nitrogens with one attached hydrogen (secondary N) is 1. The van der Waals surface area contributed by atoms with Gasteiger partial charge in [-0.05, 0) is 48.9 Å². The van der Waals surface area contributed by atoms with Crippen molar-refractivity contribution in [2.45, 2.75) is 13.5 Å². The largest absolute Gasteiger partial charge is 0.488 e. The van der Waals surface area contributed by atoms with E-state index in [1.54, 1.807) is 18.2 Å². The Morgan fingerprint density at radius 2 is 1.89 bits per heavy atom. The predicted octanol–water partition coefficient (Wildman–Crippen LogP) is 5.58. The van der Waals surface area contributed by atoms with Crippen molar-refractivity contribution in [2.75, 3.05) is 0 Å². The fourth-order valence-electron chi connectivity index (χ4n) is 2.93. The van der Waals surface area contributed by atoms with E-state index in [2.05, 4.69) is 45.0 Å². The number of carboxylic acids is 1. The highest BCUT2D eigenvalue weighted by molar-refractivity contribution is 9.10. The van der Waals surface area contributed by atoms with Gasteiger partial charge in [0, 0.05) is 4.47 Å². The zero-order valence-electron chi connectivity index (χ0n) is 15.1. The van der Waals surface area contributed by atoms with Crippen LogP contribution in [-0.4, -0.2) is 21.0 Å². The number of fused-ring (bicyclic) bond motifs is 1. The summed E-state index contributed by atoms with van der Waals surface area (Å²) in [5.74, 6) is 0.349. The second kappa shape index (κ2) is 7.48. The van der Waals surface area contributed by atoms with Crippen molar-refractivity contribution in [1.29, 1.82) is 0 Å². The zero-order chi connectivity index (χ0) is 19.7. The van der Waals surface area contributed by atoms with Gasteiger partial charge < -0.3 is 14.8 Å². The summed E-state index contributed by atoms with van der Waals surface area (Å²) in [6.45, 7) is 2.49. The molecule has 1 aromatic heterocycles. The smallest absolute Gasteiger partial charge is 0.335 e. The third kappa shape index (κ3) is 3.77. The molecule has 0 spiro atoms. The van der Waals surface area contributed by atoms with Gasteiger partial charge in [-0.25, -0.2) is 9.78 Å². The molecule has 1 heterocycles. The third-order valence-corrected chi connectivity index (χ3v) is 4.93. The molecule has 5 nitrogen and oxygen atoms in total. The van der Waals surface area contributed by atoms with E-state index in [-0.39, 0.29) is 5.56 Å². The average Bonchev–Trinajstić information content (AvgIpc) is 3.11. The van der Waals surface area contributed by atoms with Gasteiger partial charge in [0.1, 0.15) is 18.2 Å². The number of aromatic carboxylic acids is 1. The molecule has 0 amide bonds. The van der Waals surface area contributed by atoms with Crippen LogP contribution in [0.2, 0.25) is 0 Å². The number of aromatic nitrogens is 2. The zero-order valence-corrected chi connectivity index (χ0v) is 16.7. The van der Waals surface area contributed by atoms with E-state index >= 15 is 0 Å². The molecule has 0 atom stereocenters. The summed E-state index contributed by atoms with van der Waals surface area (Å²) in [6.07, 6.45) is 0. The van der Waals surface area contributed by atoms with Crippen LogP contribution in [0.5, 0.6) is 5.75 Å². The fourth-order valence-corrected chi connectivity index (χ4v) is 3.29. The lowest BCUT2D eigenvalue weighted by atomic mass is 10.1. The van der Waals surface area contributed by atoms with Gasteiger partial charge in [-0.2, -0.15) is 0 Å². The molecule has 0 unspecified atom stereocenters. The number of rotatable bonds is 5. The number of H-pyrrole nitrogens is 1. The van der Waals surface area contributed by atoms with Crippen LogP contribution >= 0.6 is 15.9 Å². The van der Waals surface area contributed by atoms with Gasteiger partial charge in [-0.15, -0.1) is 0 Å². The Kier molecular flexibility index (Phi) is 4.88. The van der Waals surface area contributed by atoms with Crippen LogP contribution in [0.25, 0.3) is 22.4 Å². The lowest BCUT2D eigenvalue weighted by Gasteiger charge is -2.11. The first-order chi connectivity index (χ1) is 13.5. The quantitative estimate of drug-likeness (QED) is 0.428. The first-order valence-electron chi connectivity index (χ1n) is 8.71. The highest BCUT2D eigenvalue weighted by atomic mass is 79.9. The molecule has 4 rings (SSSR count). The molecule has 0 aliphatic carbocycles. The van der Waals surface area contributed by atoms with Gasteiger partial charge in [-0.3, -0.25) is 0 Å². The number of hydrogen-bond acceptors (Lipinski definition) is 3. The molecule has 0 saturated carbocycles. The van der Waals surface area contributed by atoms with E-state index in [4.69, 9.17) is 4.74 Å². The SMILES string of the molecule is Cc1ccc(COc2ccc(Br)cc2-c2nc3ccc(C(=O)O)cc3[nH]2)cc1. The number of imidazole rings is 1. The van der Waals surface area contributed by atoms with Crippen LogP contribution < -0.4 is 4.74 Å². The van der Waals surface area contributed by atoms with Crippen LogP contribution in [0, 0.1) is 6.92 Å². The Hall–Kier alpha value is -3.12. The van der Waals surface area contributed by atoms with E-state index in [0.29, 0.717) is 29.2 Å². The summed E-state index contributed by atoms with van der Waals surface area (Å²) < 4.78 is 6.96. The topological polar surface area (TPSA) is 75.2 Å². The molecular weight excluding hydrogens is 420 g/mol. The number of carbonyl (C=O) groups is 1. The molecular formula is C22H17BrN2O3. The molecule has 0 bridgehead atoms. The van der Waals surface area contributed by atoms with Crippen LogP contribution in [0.1, 0.15) is 21.5 Å². The van der Waals surface area contributed by atoms with Crippen molar-refractivity contribution in [3.05, 3.63) is 81.8 Å². The van der Waals surface area contributed by atoms with Gasteiger partial charge in [0.25, 0.3) is 0 Å². The van der Waals surface area contributed by atoms with Gasteiger partial charge in [-0.1, -0.05) is 45.8 Å². The number of aryl methyl sites for hydroxylation is 1. The highest BCUT2D eigenvalue weighted by Crippen LogP contribution is 2.33. The minimum atomic E-state index is -0.970. The van der Waals surface area contributed by atoms with E-state index in [1.165, 1.54) is 5.56 Å². The number of carboxylic acid groups (broad SMARTS) is 1. The lowest BCUT2D eigenvalue weighted by molar-refractivity contribution is 0.0697. The van der Waals surface area contributed by atoms with Crippen LogP contribution in [0.4, 0.5) is 0 Å². The minimum Gasteiger partial charge on any atom is -0.488 e. The second-order valence-corrected chi connectivity index (χ2v) is 7.45. The van der Waals surface area contributed by atoms with Crippen molar-refractivity contribution in [3.8, 4) is 17.1 Å². The summed E-state index contributed by atoms with van der Waals surface area (Å²) >= 11 is 3.50. The number of nitrogens with zero attached hydrogens (tertiary/aromatic N) is 1. The molecule has 2 N–H and O–H groups in total. The molecule has 0 saturated heterocycles. The monoisotopic (exact) mass is 436 g/mol. The number of aromatic amines is 1. The lowest BCUT2D eigenvalue weighted by Crippen LogP contribution is -1.97. The first kappa shape index (κ1) is 18.3. The highest BCUT2D eigenvalue weighted by Gasteiger charge is 2.14. The van der Waals surface area contributed by atoms with Crippen LogP contribution in [-0.2, 0) is 6.61 Å². The Bertz CT molecular complexity index is 1170. The molecule has 6 heteroatoms. The number of benzene rings is 3. The predicted molar refractivity (Wildman–Crippen MR) is 112 cm³/mol. The number of ether oxygens (including phenoxy) is 1. The van der Waals surface area contributed by atoms with Crippen LogP contribution in [0.3, 0.4) is 0 Å². The molecule has 4 aromatic rings. The molecule has 140 valence electrons. The fraction of sp³-hybridized carbons (Fsp3) is 0.0909. The van der Waals surface area contributed by atoms with E-state index in [1.807, 2.05) is 30.3 Å². The van der Waals surface area contributed by atoms with Crippen molar-refractivity contribution in [2.24, 2.45) is 0 Å². The van der Waals surface area contributed by atoms with E-state index in [0.717, 1.165) is 15.6 Å². The summed E-state index contributed by atoms with van der Waals surface area (Å²) in [6, 6.07) is 18.8. The summed E-state index contributed by atoms with van der Waals surface area (Å²) in [5, 5.41) is 9.18. The van der Waals surface area contributed by atoms with Crippen LogP contribution in [0.15, 0.2) is 65.1 Å². The van der Waals surface area contributed by atoms with Gasteiger partial charge >= 0.3 is 5.97 Å². The molecule has 0 aliphatic heterocycles. The van der Waals surface area contributed by atoms with Gasteiger partial charge in [0.05, 0.1) is 22.2 Å². The molecule has 0 fully saturated rings. The maximum atomic E-state index is 11.2. The summed E-state index contributed by atoms with van der Waals surface area (Å²) in [7, 11) is 0. The minimum absolute atomic E-state index is 0.216. The van der Waals surface area contributed by atoms with Crippen molar-refractivity contribution in [3.63, 3.8) is 0 Å². The third-order valence-electron chi connectivity index (χ3n) is 4.44. The maximum Gasteiger partial charge on any atom is 0.335 e. The second-order valence-electron chi connectivity index (χ2n) is 6.54. The molecule has 0 aliphatic rings. The maximum absolute atomic E-state index is 11.2. The molecule has 0 radical (unpaired) electrons. The molecule has 3 aromatic carbocycles. The van der Waals surface area contributed by atoms with Gasteiger partial charge in [0.2, 0.25) is 0 Å². The Morgan fingerprint density at radius 3 is 2.64 bits per heavy atom. The average molecular weight is 437 g/mol. The number of hydrogen-bond donors (Lipinski definition) is 2. The normalized spacial score (nSPS) is 10.9. The Balaban J connectivity index is 1.68.